The Hall–Kier alpha value is -1.96. The van der Waals surface area contributed by atoms with Crippen molar-refractivity contribution in [1.82, 2.24) is 0 Å². The molecule has 100 valence electrons. The van der Waals surface area contributed by atoms with Gasteiger partial charge in [0, 0.05) is 12.2 Å². The van der Waals surface area contributed by atoms with E-state index in [9.17, 15) is 5.11 Å². The van der Waals surface area contributed by atoms with E-state index in [0.717, 1.165) is 24.1 Å². The molecule has 0 bridgehead atoms. The quantitative estimate of drug-likeness (QED) is 0.858. The maximum absolute atomic E-state index is 9.78. The molecule has 0 fully saturated rings. The van der Waals surface area contributed by atoms with Gasteiger partial charge < -0.3 is 10.4 Å². The molecule has 2 aromatic carbocycles. The summed E-state index contributed by atoms with van der Waals surface area (Å²) in [4.78, 5) is 0. The van der Waals surface area contributed by atoms with Gasteiger partial charge in [0.05, 0.1) is 0 Å². The summed E-state index contributed by atoms with van der Waals surface area (Å²) in [6.45, 7) is 6.81. The largest absolute Gasteiger partial charge is 0.507 e. The molecule has 0 unspecified atom stereocenters. The molecule has 2 aromatic rings. The molecule has 0 saturated carbocycles. The first-order valence-electron chi connectivity index (χ1n) is 6.72. The summed E-state index contributed by atoms with van der Waals surface area (Å²) < 4.78 is 0. The van der Waals surface area contributed by atoms with Crippen LogP contribution >= 0.6 is 0 Å². The van der Waals surface area contributed by atoms with E-state index in [-0.39, 0.29) is 0 Å². The van der Waals surface area contributed by atoms with Crippen LogP contribution in [0.15, 0.2) is 36.4 Å². The minimum Gasteiger partial charge on any atom is -0.507 e. The maximum Gasteiger partial charge on any atom is 0.121 e. The molecule has 0 aliphatic heterocycles. The minimum atomic E-state index is 0.401. The normalized spacial score (nSPS) is 10.5. The van der Waals surface area contributed by atoms with Gasteiger partial charge in [0.1, 0.15) is 5.75 Å². The van der Waals surface area contributed by atoms with Gasteiger partial charge in [0.2, 0.25) is 0 Å². The van der Waals surface area contributed by atoms with Crippen LogP contribution in [0.25, 0.3) is 0 Å². The number of para-hydroxylation sites is 1. The molecule has 0 heterocycles. The van der Waals surface area contributed by atoms with E-state index >= 15 is 0 Å². The predicted molar refractivity (Wildman–Crippen MR) is 80.7 cm³/mol. The van der Waals surface area contributed by atoms with Gasteiger partial charge >= 0.3 is 0 Å². The standard InChI is InChI=1S/C17H21NO/c1-4-15-7-5-6-8-16(15)18-11-14-9-12(2)17(19)13(3)10-14/h5-10,18-19H,4,11H2,1-3H3. The zero-order valence-corrected chi connectivity index (χ0v) is 11.8. The van der Waals surface area contributed by atoms with Crippen LogP contribution in [-0.2, 0) is 13.0 Å². The molecule has 2 heteroatoms. The number of phenolic OH excluding ortho intramolecular Hbond substituents is 1. The Bertz CT molecular complexity index is 552. The van der Waals surface area contributed by atoms with Crippen LogP contribution in [0.5, 0.6) is 5.75 Å². The highest BCUT2D eigenvalue weighted by Gasteiger charge is 2.04. The molecule has 0 aliphatic carbocycles. The van der Waals surface area contributed by atoms with E-state index < -0.39 is 0 Å². The number of aryl methyl sites for hydroxylation is 3. The molecule has 0 aliphatic rings. The van der Waals surface area contributed by atoms with Crippen LogP contribution in [0.2, 0.25) is 0 Å². The van der Waals surface area contributed by atoms with Crippen molar-refractivity contribution >= 4 is 5.69 Å². The number of aromatic hydroxyl groups is 1. The van der Waals surface area contributed by atoms with Crippen LogP contribution in [0.1, 0.15) is 29.2 Å². The number of nitrogens with one attached hydrogen (secondary N) is 1. The fourth-order valence-corrected chi connectivity index (χ4v) is 2.35. The van der Waals surface area contributed by atoms with Crippen LogP contribution in [-0.4, -0.2) is 5.11 Å². The highest BCUT2D eigenvalue weighted by molar-refractivity contribution is 5.52. The Morgan fingerprint density at radius 1 is 1.05 bits per heavy atom. The lowest BCUT2D eigenvalue weighted by Gasteiger charge is -2.12. The van der Waals surface area contributed by atoms with Crippen molar-refractivity contribution in [3.8, 4) is 5.75 Å². The molecule has 19 heavy (non-hydrogen) atoms. The highest BCUT2D eigenvalue weighted by atomic mass is 16.3. The zero-order valence-electron chi connectivity index (χ0n) is 11.8. The predicted octanol–water partition coefficient (Wildman–Crippen LogP) is 4.18. The maximum atomic E-state index is 9.78. The van der Waals surface area contributed by atoms with E-state index in [4.69, 9.17) is 0 Å². The number of rotatable bonds is 4. The lowest BCUT2D eigenvalue weighted by atomic mass is 10.1. The number of benzene rings is 2. The number of hydrogen-bond acceptors (Lipinski definition) is 2. The van der Waals surface area contributed by atoms with E-state index in [0.29, 0.717) is 5.75 Å². The summed E-state index contributed by atoms with van der Waals surface area (Å²) in [6, 6.07) is 12.4. The van der Waals surface area contributed by atoms with Crippen LogP contribution in [0, 0.1) is 13.8 Å². The van der Waals surface area contributed by atoms with Crippen molar-refractivity contribution in [2.45, 2.75) is 33.7 Å². The van der Waals surface area contributed by atoms with Gasteiger partial charge in [-0.25, -0.2) is 0 Å². The molecule has 0 aromatic heterocycles. The van der Waals surface area contributed by atoms with E-state index in [1.165, 1.54) is 16.8 Å². The van der Waals surface area contributed by atoms with Crippen molar-refractivity contribution in [2.24, 2.45) is 0 Å². The van der Waals surface area contributed by atoms with Crippen LogP contribution in [0.3, 0.4) is 0 Å². The van der Waals surface area contributed by atoms with Crippen LogP contribution in [0.4, 0.5) is 5.69 Å². The van der Waals surface area contributed by atoms with E-state index in [1.807, 2.05) is 26.0 Å². The van der Waals surface area contributed by atoms with Gasteiger partial charge in [-0.05, 0) is 48.6 Å². The molecule has 0 spiro atoms. The Kier molecular flexibility index (Phi) is 4.10. The van der Waals surface area contributed by atoms with Gasteiger partial charge in [-0.2, -0.15) is 0 Å². The van der Waals surface area contributed by atoms with Gasteiger partial charge in [0.25, 0.3) is 0 Å². The molecular formula is C17H21NO. The monoisotopic (exact) mass is 255 g/mol. The molecule has 0 radical (unpaired) electrons. The Balaban J connectivity index is 2.15. The van der Waals surface area contributed by atoms with E-state index in [2.05, 4.69) is 36.5 Å². The summed E-state index contributed by atoms with van der Waals surface area (Å²) in [5.41, 5.74) is 5.57. The second-order valence-electron chi connectivity index (χ2n) is 4.94. The molecule has 0 saturated heterocycles. The van der Waals surface area contributed by atoms with Crippen molar-refractivity contribution in [1.29, 1.82) is 0 Å². The lowest BCUT2D eigenvalue weighted by Crippen LogP contribution is -2.02. The number of phenols is 1. The molecule has 2 N–H and O–H groups in total. The van der Waals surface area contributed by atoms with Crippen molar-refractivity contribution in [3.05, 3.63) is 58.7 Å². The van der Waals surface area contributed by atoms with Gasteiger partial charge in [0.15, 0.2) is 0 Å². The van der Waals surface area contributed by atoms with Gasteiger partial charge in [-0.3, -0.25) is 0 Å². The third kappa shape index (κ3) is 3.08. The van der Waals surface area contributed by atoms with Crippen molar-refractivity contribution < 1.29 is 5.11 Å². The third-order valence-electron chi connectivity index (χ3n) is 3.43. The Morgan fingerprint density at radius 3 is 2.32 bits per heavy atom. The average Bonchev–Trinajstić information content (AvgIpc) is 2.42. The van der Waals surface area contributed by atoms with Crippen molar-refractivity contribution in [3.63, 3.8) is 0 Å². The first-order valence-corrected chi connectivity index (χ1v) is 6.72. The van der Waals surface area contributed by atoms with E-state index in [1.54, 1.807) is 0 Å². The Morgan fingerprint density at radius 2 is 1.68 bits per heavy atom. The third-order valence-corrected chi connectivity index (χ3v) is 3.43. The van der Waals surface area contributed by atoms with Crippen molar-refractivity contribution in [2.75, 3.05) is 5.32 Å². The molecule has 0 amide bonds. The minimum absolute atomic E-state index is 0.401. The highest BCUT2D eigenvalue weighted by Crippen LogP contribution is 2.24. The topological polar surface area (TPSA) is 32.3 Å². The van der Waals surface area contributed by atoms with Gasteiger partial charge in [-0.15, -0.1) is 0 Å². The summed E-state index contributed by atoms with van der Waals surface area (Å²) in [5.74, 6) is 0.401. The average molecular weight is 255 g/mol. The summed E-state index contributed by atoms with van der Waals surface area (Å²) in [7, 11) is 0. The summed E-state index contributed by atoms with van der Waals surface area (Å²) >= 11 is 0. The molecule has 2 nitrogen and oxygen atoms in total. The smallest absolute Gasteiger partial charge is 0.121 e. The molecule has 0 atom stereocenters. The fraction of sp³-hybridized carbons (Fsp3) is 0.294. The number of hydrogen-bond donors (Lipinski definition) is 2. The Labute approximate surface area is 115 Å². The summed E-state index contributed by atoms with van der Waals surface area (Å²) in [6.07, 6.45) is 1.02. The SMILES string of the molecule is CCc1ccccc1NCc1cc(C)c(O)c(C)c1. The second-order valence-corrected chi connectivity index (χ2v) is 4.94. The molecule has 2 rings (SSSR count). The summed E-state index contributed by atoms with van der Waals surface area (Å²) in [5, 5.41) is 13.3. The first kappa shape index (κ1) is 13.5. The number of anilines is 1. The lowest BCUT2D eigenvalue weighted by molar-refractivity contribution is 0.466. The second kappa shape index (κ2) is 5.79. The van der Waals surface area contributed by atoms with Gasteiger partial charge in [-0.1, -0.05) is 37.3 Å². The fourth-order valence-electron chi connectivity index (χ4n) is 2.35. The zero-order chi connectivity index (χ0) is 13.8. The molecular weight excluding hydrogens is 234 g/mol. The first-order chi connectivity index (χ1) is 9.11. The van der Waals surface area contributed by atoms with Crippen LogP contribution < -0.4 is 5.32 Å².